The molecule has 1 aromatic heterocycles. The predicted molar refractivity (Wildman–Crippen MR) is 118 cm³/mol. The van der Waals surface area contributed by atoms with Gasteiger partial charge in [-0.15, -0.1) is 0 Å². The molecule has 0 aliphatic carbocycles. The highest BCUT2D eigenvalue weighted by Gasteiger charge is 2.54. The summed E-state index contributed by atoms with van der Waals surface area (Å²) in [6.45, 7) is 3.78. The fourth-order valence-corrected chi connectivity index (χ4v) is 4.21. The first-order chi connectivity index (χ1) is 15.9. The molecule has 2 aliphatic heterocycles. The Morgan fingerprint density at radius 1 is 1.12 bits per heavy atom. The number of pyridine rings is 1. The molecule has 9 nitrogen and oxygen atoms in total. The molecule has 0 bridgehead atoms. The van der Waals surface area contributed by atoms with Crippen LogP contribution in [0.5, 0.6) is 0 Å². The minimum atomic E-state index is -0.909. The van der Waals surface area contributed by atoms with Crippen molar-refractivity contribution >= 4 is 23.5 Å². The number of rotatable bonds is 6. The van der Waals surface area contributed by atoms with E-state index in [4.69, 9.17) is 4.84 Å². The van der Waals surface area contributed by atoms with E-state index in [1.54, 1.807) is 48.5 Å². The van der Waals surface area contributed by atoms with Gasteiger partial charge in [0.05, 0.1) is 19.2 Å². The van der Waals surface area contributed by atoms with E-state index in [2.05, 4.69) is 10.3 Å². The van der Waals surface area contributed by atoms with Crippen LogP contribution in [0.2, 0.25) is 0 Å². The van der Waals surface area contributed by atoms with E-state index in [0.29, 0.717) is 12.0 Å². The number of hydroxylamine groups is 2. The lowest BCUT2D eigenvalue weighted by molar-refractivity contribution is -0.181. The summed E-state index contributed by atoms with van der Waals surface area (Å²) in [6, 6.07) is 11.2. The summed E-state index contributed by atoms with van der Waals surface area (Å²) in [6.07, 6.45) is 1.88. The van der Waals surface area contributed by atoms with Crippen LogP contribution in [-0.2, 0) is 14.4 Å². The van der Waals surface area contributed by atoms with Crippen molar-refractivity contribution in [2.75, 3.05) is 13.2 Å². The highest BCUT2D eigenvalue weighted by Crippen LogP contribution is 2.29. The smallest absolute Gasteiger partial charge is 0.273 e. The van der Waals surface area contributed by atoms with Gasteiger partial charge in [-0.25, -0.2) is 5.06 Å². The van der Waals surface area contributed by atoms with Crippen LogP contribution in [0.1, 0.15) is 41.1 Å². The molecule has 0 radical (unpaired) electrons. The Morgan fingerprint density at radius 2 is 1.85 bits per heavy atom. The zero-order valence-corrected chi connectivity index (χ0v) is 18.5. The molecule has 2 aliphatic rings. The van der Waals surface area contributed by atoms with E-state index in [1.165, 1.54) is 11.1 Å². The summed E-state index contributed by atoms with van der Waals surface area (Å²) < 4.78 is 0. The molecule has 1 aromatic carbocycles. The largest absolute Gasteiger partial charge is 0.340 e. The molecule has 9 heteroatoms. The van der Waals surface area contributed by atoms with Crippen LogP contribution >= 0.6 is 0 Å². The van der Waals surface area contributed by atoms with Gasteiger partial charge in [0, 0.05) is 11.8 Å². The Morgan fingerprint density at radius 3 is 2.52 bits per heavy atom. The van der Waals surface area contributed by atoms with Gasteiger partial charge >= 0.3 is 0 Å². The summed E-state index contributed by atoms with van der Waals surface area (Å²) in [4.78, 5) is 62.9. The summed E-state index contributed by atoms with van der Waals surface area (Å²) in [5, 5.41) is 3.84. The molecule has 172 valence electrons. The van der Waals surface area contributed by atoms with E-state index in [0.717, 1.165) is 5.06 Å². The van der Waals surface area contributed by atoms with Crippen LogP contribution in [0.3, 0.4) is 0 Å². The second kappa shape index (κ2) is 9.50. The first-order valence-corrected chi connectivity index (χ1v) is 10.9. The molecule has 2 aromatic rings. The number of carbonyl (C=O) groups excluding carboxylic acids is 4. The zero-order valence-electron chi connectivity index (χ0n) is 18.5. The molecule has 33 heavy (non-hydrogen) atoms. The summed E-state index contributed by atoms with van der Waals surface area (Å²) >= 11 is 0. The van der Waals surface area contributed by atoms with Crippen molar-refractivity contribution in [1.29, 1.82) is 0 Å². The Hall–Kier alpha value is -3.59. The van der Waals surface area contributed by atoms with Crippen LogP contribution in [0.15, 0.2) is 54.7 Å². The number of carbonyl (C=O) groups is 4. The SMILES string of the molecule is CC(C)C[C@H](NC(=O)c1ccccc1)C(=O)N1OC[C@@H]2[C@H]1C(=O)CN2C(=O)c1ccccn1. The number of aromatic nitrogens is 1. The number of amides is 3. The number of likely N-dealkylation sites (tertiary alicyclic amines) is 1. The first kappa shape index (κ1) is 22.6. The molecule has 3 amide bonds. The van der Waals surface area contributed by atoms with Gasteiger partial charge in [0.1, 0.15) is 17.8 Å². The first-order valence-electron chi connectivity index (χ1n) is 10.9. The second-order valence-corrected chi connectivity index (χ2v) is 8.61. The average molecular weight is 450 g/mol. The predicted octanol–water partition coefficient (Wildman–Crippen LogP) is 1.46. The number of fused-ring (bicyclic) bond motifs is 1. The van der Waals surface area contributed by atoms with Crippen LogP contribution in [-0.4, -0.2) is 69.7 Å². The lowest BCUT2D eigenvalue weighted by Crippen LogP contribution is -2.52. The Balaban J connectivity index is 1.51. The van der Waals surface area contributed by atoms with Gasteiger partial charge in [-0.2, -0.15) is 0 Å². The van der Waals surface area contributed by atoms with Gasteiger partial charge in [0.15, 0.2) is 5.78 Å². The van der Waals surface area contributed by atoms with Gasteiger partial charge in [0.25, 0.3) is 17.7 Å². The van der Waals surface area contributed by atoms with Crippen molar-refractivity contribution in [2.24, 2.45) is 5.92 Å². The molecular weight excluding hydrogens is 424 g/mol. The highest BCUT2D eigenvalue weighted by atomic mass is 16.7. The van der Waals surface area contributed by atoms with E-state index < -0.39 is 24.0 Å². The van der Waals surface area contributed by atoms with E-state index in [9.17, 15) is 19.2 Å². The van der Waals surface area contributed by atoms with Crippen LogP contribution < -0.4 is 5.32 Å². The second-order valence-electron chi connectivity index (χ2n) is 8.61. The topological polar surface area (TPSA) is 109 Å². The summed E-state index contributed by atoms with van der Waals surface area (Å²) in [7, 11) is 0. The molecule has 2 saturated heterocycles. The maximum atomic E-state index is 13.4. The number of nitrogens with zero attached hydrogens (tertiary/aromatic N) is 3. The Kier molecular flexibility index (Phi) is 6.50. The van der Waals surface area contributed by atoms with E-state index in [-0.39, 0.29) is 42.4 Å². The molecule has 1 N–H and O–H groups in total. The third-order valence-corrected chi connectivity index (χ3v) is 5.77. The minimum Gasteiger partial charge on any atom is -0.340 e. The molecule has 3 heterocycles. The number of ketones is 1. The molecule has 0 saturated carbocycles. The van der Waals surface area contributed by atoms with Crippen molar-refractivity contribution in [3.63, 3.8) is 0 Å². The standard InChI is InChI=1S/C24H26N4O5/c1-15(2)12-18(26-22(30)16-8-4-3-5-9-16)24(32)28-21-19(14-33-28)27(13-20(21)29)23(31)17-10-6-7-11-25-17/h3-11,15,18-19,21H,12-14H2,1-2H3,(H,26,30)/t18-,19+,21-/m0/s1. The van der Waals surface area contributed by atoms with Crippen LogP contribution in [0, 0.1) is 5.92 Å². The average Bonchev–Trinajstić information content (AvgIpc) is 3.40. The maximum Gasteiger partial charge on any atom is 0.273 e. The number of hydrogen-bond acceptors (Lipinski definition) is 6. The fourth-order valence-electron chi connectivity index (χ4n) is 4.21. The molecule has 3 atom stereocenters. The van der Waals surface area contributed by atoms with Gasteiger partial charge in [-0.1, -0.05) is 38.1 Å². The van der Waals surface area contributed by atoms with E-state index >= 15 is 0 Å². The van der Waals surface area contributed by atoms with Crippen molar-refractivity contribution in [3.8, 4) is 0 Å². The summed E-state index contributed by atoms with van der Waals surface area (Å²) in [5.41, 5.74) is 0.659. The quantitative estimate of drug-likeness (QED) is 0.714. The molecule has 2 fully saturated rings. The van der Waals surface area contributed by atoms with E-state index in [1.807, 2.05) is 13.8 Å². The Labute approximate surface area is 191 Å². The molecule has 0 spiro atoms. The van der Waals surface area contributed by atoms with Gasteiger partial charge in [-0.3, -0.25) is 29.0 Å². The minimum absolute atomic E-state index is 0.0156. The zero-order chi connectivity index (χ0) is 23.5. The van der Waals surface area contributed by atoms with Crippen molar-refractivity contribution in [3.05, 3.63) is 66.0 Å². The number of hydrogen-bond donors (Lipinski definition) is 1. The monoisotopic (exact) mass is 450 g/mol. The lowest BCUT2D eigenvalue weighted by atomic mass is 10.0. The highest BCUT2D eigenvalue weighted by molar-refractivity contribution is 6.02. The van der Waals surface area contributed by atoms with Gasteiger partial charge < -0.3 is 10.2 Å². The molecule has 0 unspecified atom stereocenters. The van der Waals surface area contributed by atoms with Crippen LogP contribution in [0.4, 0.5) is 0 Å². The fraction of sp³-hybridized carbons (Fsp3) is 0.375. The number of nitrogens with one attached hydrogen (secondary N) is 1. The Bertz CT molecular complexity index is 1040. The van der Waals surface area contributed by atoms with Gasteiger partial charge in [0.2, 0.25) is 0 Å². The number of Topliss-reactive ketones (excluding diaryl/α,β-unsaturated/α-hetero) is 1. The summed E-state index contributed by atoms with van der Waals surface area (Å²) in [5.74, 6) is -1.44. The third-order valence-electron chi connectivity index (χ3n) is 5.77. The van der Waals surface area contributed by atoms with Crippen molar-refractivity contribution in [1.82, 2.24) is 20.3 Å². The van der Waals surface area contributed by atoms with Crippen LogP contribution in [0.25, 0.3) is 0 Å². The maximum absolute atomic E-state index is 13.4. The molecule has 4 rings (SSSR count). The van der Waals surface area contributed by atoms with Crippen molar-refractivity contribution < 1.29 is 24.0 Å². The normalized spacial score (nSPS) is 20.6. The number of benzene rings is 1. The third kappa shape index (κ3) is 4.63. The molecular formula is C24H26N4O5. The lowest BCUT2D eigenvalue weighted by Gasteiger charge is -2.27. The van der Waals surface area contributed by atoms with Gasteiger partial charge in [-0.05, 0) is 36.6 Å². The van der Waals surface area contributed by atoms with Crippen molar-refractivity contribution in [2.45, 2.75) is 38.4 Å².